The van der Waals surface area contributed by atoms with Crippen LogP contribution in [0.2, 0.25) is 5.15 Å². The van der Waals surface area contributed by atoms with Gasteiger partial charge < -0.3 is 0 Å². The molecular weight excluding hydrogens is 182 g/mol. The van der Waals surface area contributed by atoms with E-state index in [1.807, 2.05) is 18.3 Å². The fourth-order valence-electron chi connectivity index (χ4n) is 1.65. The first-order chi connectivity index (χ1) is 6.20. The number of hydrogen-bond donors (Lipinski definition) is 0. The van der Waals surface area contributed by atoms with Gasteiger partial charge in [-0.15, -0.1) is 0 Å². The smallest absolute Gasteiger partial charge is 0.136 e. The van der Waals surface area contributed by atoms with Crippen LogP contribution in [0.25, 0.3) is 10.8 Å². The molecule has 0 aliphatic rings. The Morgan fingerprint density at radius 2 is 1.92 bits per heavy atom. The maximum atomic E-state index is 5.99. The Bertz CT molecular complexity index is 455. The first-order valence-electron chi connectivity index (χ1n) is 4.20. The van der Waals surface area contributed by atoms with Crippen molar-refractivity contribution in [2.24, 2.45) is 0 Å². The van der Waals surface area contributed by atoms with Crippen molar-refractivity contribution < 1.29 is 0 Å². The van der Waals surface area contributed by atoms with Crippen molar-refractivity contribution in [2.75, 3.05) is 0 Å². The fourth-order valence-corrected chi connectivity index (χ4v) is 1.86. The molecular formula is C11H10ClN. The standard InChI is InChI=1S/C11H10ClN/c1-7-4-3-5-9-10(7)8(2)6-13-11(9)12/h3-6H,1-2H3. The van der Waals surface area contributed by atoms with E-state index in [4.69, 9.17) is 11.6 Å². The maximum Gasteiger partial charge on any atom is 0.136 e. The molecule has 1 aromatic carbocycles. The highest BCUT2D eigenvalue weighted by atomic mass is 35.5. The van der Waals surface area contributed by atoms with Gasteiger partial charge in [-0.3, -0.25) is 0 Å². The topological polar surface area (TPSA) is 12.9 Å². The van der Waals surface area contributed by atoms with Gasteiger partial charge in [-0.1, -0.05) is 29.8 Å². The van der Waals surface area contributed by atoms with Crippen molar-refractivity contribution in [1.29, 1.82) is 0 Å². The molecule has 1 aromatic heterocycles. The Kier molecular flexibility index (Phi) is 1.97. The lowest BCUT2D eigenvalue weighted by molar-refractivity contribution is 1.30. The van der Waals surface area contributed by atoms with Crippen LogP contribution >= 0.6 is 11.6 Å². The van der Waals surface area contributed by atoms with Crippen LogP contribution < -0.4 is 0 Å². The molecule has 2 heteroatoms. The molecule has 0 radical (unpaired) electrons. The number of fused-ring (bicyclic) bond motifs is 1. The summed E-state index contributed by atoms with van der Waals surface area (Å²) in [5.74, 6) is 0. The van der Waals surface area contributed by atoms with Crippen molar-refractivity contribution >= 4 is 22.4 Å². The average molecular weight is 192 g/mol. The van der Waals surface area contributed by atoms with E-state index in [0.717, 1.165) is 5.39 Å². The first-order valence-corrected chi connectivity index (χ1v) is 4.58. The second kappa shape index (κ2) is 3.00. The summed E-state index contributed by atoms with van der Waals surface area (Å²) < 4.78 is 0. The molecule has 0 fully saturated rings. The zero-order valence-corrected chi connectivity index (χ0v) is 8.39. The van der Waals surface area contributed by atoms with Crippen molar-refractivity contribution in [3.05, 3.63) is 40.7 Å². The van der Waals surface area contributed by atoms with Gasteiger partial charge >= 0.3 is 0 Å². The van der Waals surface area contributed by atoms with Crippen molar-refractivity contribution in [3.8, 4) is 0 Å². The van der Waals surface area contributed by atoms with E-state index in [1.54, 1.807) is 0 Å². The van der Waals surface area contributed by atoms with Gasteiger partial charge in [0.25, 0.3) is 0 Å². The van der Waals surface area contributed by atoms with Crippen LogP contribution in [0.3, 0.4) is 0 Å². The summed E-state index contributed by atoms with van der Waals surface area (Å²) in [6.07, 6.45) is 1.82. The highest BCUT2D eigenvalue weighted by Crippen LogP contribution is 2.26. The van der Waals surface area contributed by atoms with E-state index in [0.29, 0.717) is 5.15 Å². The Morgan fingerprint density at radius 1 is 1.15 bits per heavy atom. The van der Waals surface area contributed by atoms with Crippen LogP contribution in [0.1, 0.15) is 11.1 Å². The van der Waals surface area contributed by atoms with Crippen LogP contribution in [0.15, 0.2) is 24.4 Å². The van der Waals surface area contributed by atoms with E-state index in [9.17, 15) is 0 Å². The first kappa shape index (κ1) is 8.52. The van der Waals surface area contributed by atoms with Gasteiger partial charge in [0.15, 0.2) is 0 Å². The quantitative estimate of drug-likeness (QED) is 0.581. The monoisotopic (exact) mass is 191 g/mol. The minimum absolute atomic E-state index is 0.587. The second-order valence-corrected chi connectivity index (χ2v) is 3.59. The maximum absolute atomic E-state index is 5.99. The Morgan fingerprint density at radius 3 is 2.62 bits per heavy atom. The molecule has 0 bridgehead atoms. The number of benzene rings is 1. The number of aryl methyl sites for hydroxylation is 2. The number of aromatic nitrogens is 1. The summed E-state index contributed by atoms with van der Waals surface area (Å²) in [7, 11) is 0. The molecule has 0 amide bonds. The minimum atomic E-state index is 0.587. The molecule has 0 saturated carbocycles. The van der Waals surface area contributed by atoms with E-state index in [2.05, 4.69) is 24.9 Å². The van der Waals surface area contributed by atoms with Gasteiger partial charge in [0.05, 0.1) is 0 Å². The molecule has 1 heterocycles. The molecule has 0 aliphatic carbocycles. The highest BCUT2D eigenvalue weighted by Gasteiger charge is 2.04. The van der Waals surface area contributed by atoms with Gasteiger partial charge in [0, 0.05) is 11.6 Å². The summed E-state index contributed by atoms with van der Waals surface area (Å²) in [6, 6.07) is 6.10. The lowest BCUT2D eigenvalue weighted by Crippen LogP contribution is -1.86. The molecule has 66 valence electrons. The fraction of sp³-hybridized carbons (Fsp3) is 0.182. The van der Waals surface area contributed by atoms with Crippen LogP contribution in [0, 0.1) is 13.8 Å². The van der Waals surface area contributed by atoms with E-state index < -0.39 is 0 Å². The molecule has 2 aromatic rings. The number of rotatable bonds is 0. The van der Waals surface area contributed by atoms with Crippen molar-refractivity contribution in [2.45, 2.75) is 13.8 Å². The van der Waals surface area contributed by atoms with Crippen LogP contribution in [-0.4, -0.2) is 4.98 Å². The van der Waals surface area contributed by atoms with Gasteiger partial charge in [-0.05, 0) is 30.4 Å². The molecule has 13 heavy (non-hydrogen) atoms. The minimum Gasteiger partial charge on any atom is -0.244 e. The van der Waals surface area contributed by atoms with Gasteiger partial charge in [-0.2, -0.15) is 0 Å². The van der Waals surface area contributed by atoms with E-state index >= 15 is 0 Å². The SMILES string of the molecule is Cc1cccc2c(Cl)ncc(C)c12. The third-order valence-electron chi connectivity index (χ3n) is 2.26. The number of hydrogen-bond acceptors (Lipinski definition) is 1. The highest BCUT2D eigenvalue weighted by molar-refractivity contribution is 6.34. The number of pyridine rings is 1. The van der Waals surface area contributed by atoms with Crippen LogP contribution in [-0.2, 0) is 0 Å². The summed E-state index contributed by atoms with van der Waals surface area (Å²) in [5.41, 5.74) is 2.43. The van der Waals surface area contributed by atoms with Gasteiger partial charge in [0.1, 0.15) is 5.15 Å². The summed E-state index contributed by atoms with van der Waals surface area (Å²) in [5, 5.41) is 2.86. The largest absolute Gasteiger partial charge is 0.244 e. The summed E-state index contributed by atoms with van der Waals surface area (Å²) >= 11 is 5.99. The number of nitrogens with zero attached hydrogens (tertiary/aromatic N) is 1. The van der Waals surface area contributed by atoms with Crippen molar-refractivity contribution in [3.63, 3.8) is 0 Å². The Balaban J connectivity index is 3.00. The molecule has 1 nitrogen and oxygen atoms in total. The molecule has 0 saturated heterocycles. The van der Waals surface area contributed by atoms with Crippen LogP contribution in [0.5, 0.6) is 0 Å². The van der Waals surface area contributed by atoms with E-state index in [-0.39, 0.29) is 0 Å². The zero-order chi connectivity index (χ0) is 9.42. The van der Waals surface area contributed by atoms with Crippen molar-refractivity contribution in [1.82, 2.24) is 4.98 Å². The summed E-state index contributed by atoms with van der Waals surface area (Å²) in [4.78, 5) is 4.11. The Labute approximate surface area is 82.4 Å². The van der Waals surface area contributed by atoms with E-state index in [1.165, 1.54) is 16.5 Å². The molecule has 0 spiro atoms. The normalized spacial score (nSPS) is 10.7. The molecule has 2 rings (SSSR count). The third-order valence-corrected chi connectivity index (χ3v) is 2.56. The third kappa shape index (κ3) is 1.29. The van der Waals surface area contributed by atoms with Crippen LogP contribution in [0.4, 0.5) is 0 Å². The molecule has 0 unspecified atom stereocenters. The average Bonchev–Trinajstić information content (AvgIpc) is 2.12. The zero-order valence-electron chi connectivity index (χ0n) is 7.63. The van der Waals surface area contributed by atoms with Gasteiger partial charge in [-0.25, -0.2) is 4.98 Å². The summed E-state index contributed by atoms with van der Waals surface area (Å²) in [6.45, 7) is 4.14. The molecule has 0 N–H and O–H groups in total. The predicted molar refractivity (Wildman–Crippen MR) is 56.2 cm³/mol. The lowest BCUT2D eigenvalue weighted by atomic mass is 10.0. The predicted octanol–water partition coefficient (Wildman–Crippen LogP) is 3.51. The number of halogens is 1. The molecule has 0 atom stereocenters. The lowest BCUT2D eigenvalue weighted by Gasteiger charge is -2.05. The second-order valence-electron chi connectivity index (χ2n) is 3.23. The Hall–Kier alpha value is -1.08. The van der Waals surface area contributed by atoms with Gasteiger partial charge in [0.2, 0.25) is 0 Å². The molecule has 0 aliphatic heterocycles.